The summed E-state index contributed by atoms with van der Waals surface area (Å²) in [7, 11) is 4.00. The maximum Gasteiger partial charge on any atom is 0.271 e. The fourth-order valence-electron chi connectivity index (χ4n) is 2.10. The quantitative estimate of drug-likeness (QED) is 0.670. The molecule has 0 spiro atoms. The van der Waals surface area contributed by atoms with Gasteiger partial charge < -0.3 is 10.2 Å². The number of nitro groups is 1. The molecule has 0 fully saturated rings. The third-order valence-corrected chi connectivity index (χ3v) is 3.35. The first kappa shape index (κ1) is 14.8. The van der Waals surface area contributed by atoms with Gasteiger partial charge in [0, 0.05) is 43.6 Å². The largest absolute Gasteiger partial charge is 0.378 e. The molecule has 110 valence electrons. The van der Waals surface area contributed by atoms with Crippen LogP contribution < -0.4 is 10.2 Å². The molecule has 0 saturated heterocycles. The number of nitro benzene ring substituents is 1. The van der Waals surface area contributed by atoms with Gasteiger partial charge in [0.2, 0.25) is 0 Å². The van der Waals surface area contributed by atoms with Crippen LogP contribution in [0.1, 0.15) is 18.5 Å². The average Bonchev–Trinajstić information content (AvgIpc) is 2.47. The van der Waals surface area contributed by atoms with E-state index in [2.05, 4.69) is 29.6 Å². The van der Waals surface area contributed by atoms with Crippen molar-refractivity contribution in [2.45, 2.75) is 13.0 Å². The Bertz CT molecular complexity index is 624. The molecule has 5 nitrogen and oxygen atoms in total. The molecule has 2 aromatic rings. The number of rotatable bonds is 5. The highest BCUT2D eigenvalue weighted by Gasteiger charge is 2.09. The summed E-state index contributed by atoms with van der Waals surface area (Å²) in [5.41, 5.74) is 3.11. The summed E-state index contributed by atoms with van der Waals surface area (Å²) in [4.78, 5) is 12.4. The predicted octanol–water partition coefficient (Wildman–Crippen LogP) is 3.83. The third kappa shape index (κ3) is 3.72. The summed E-state index contributed by atoms with van der Waals surface area (Å²) in [6.07, 6.45) is 0. The highest BCUT2D eigenvalue weighted by atomic mass is 16.6. The molecule has 2 aromatic carbocycles. The zero-order valence-corrected chi connectivity index (χ0v) is 12.4. The molecule has 0 heterocycles. The molecule has 1 unspecified atom stereocenters. The fraction of sp³-hybridized carbons (Fsp3) is 0.250. The van der Waals surface area contributed by atoms with Crippen molar-refractivity contribution in [1.82, 2.24) is 0 Å². The maximum absolute atomic E-state index is 10.8. The summed E-state index contributed by atoms with van der Waals surface area (Å²) in [5.74, 6) is 0. The van der Waals surface area contributed by atoms with Crippen molar-refractivity contribution < 1.29 is 4.92 Å². The topological polar surface area (TPSA) is 58.4 Å². The molecule has 2 rings (SSSR count). The Morgan fingerprint density at radius 1 is 1.14 bits per heavy atom. The molecule has 0 saturated carbocycles. The van der Waals surface area contributed by atoms with E-state index in [1.54, 1.807) is 12.1 Å². The number of benzene rings is 2. The first-order valence-electron chi connectivity index (χ1n) is 6.75. The summed E-state index contributed by atoms with van der Waals surface area (Å²) < 4.78 is 0. The summed E-state index contributed by atoms with van der Waals surface area (Å²) in [6.45, 7) is 2.03. The van der Waals surface area contributed by atoms with E-state index in [9.17, 15) is 10.1 Å². The lowest BCUT2D eigenvalue weighted by molar-refractivity contribution is -0.384. The summed E-state index contributed by atoms with van der Waals surface area (Å²) in [5, 5.41) is 14.1. The van der Waals surface area contributed by atoms with Crippen LogP contribution in [0, 0.1) is 10.1 Å². The number of non-ortho nitro benzene ring substituents is 1. The third-order valence-electron chi connectivity index (χ3n) is 3.35. The minimum Gasteiger partial charge on any atom is -0.378 e. The van der Waals surface area contributed by atoms with Crippen molar-refractivity contribution in [1.29, 1.82) is 0 Å². The number of hydrogen-bond donors (Lipinski definition) is 1. The molecule has 0 aliphatic rings. The Labute approximate surface area is 124 Å². The van der Waals surface area contributed by atoms with Gasteiger partial charge in [-0.1, -0.05) is 18.2 Å². The molecule has 1 N–H and O–H groups in total. The first-order chi connectivity index (χ1) is 9.97. The maximum atomic E-state index is 10.8. The van der Waals surface area contributed by atoms with Crippen LogP contribution in [0.25, 0.3) is 0 Å². The summed E-state index contributed by atoms with van der Waals surface area (Å²) >= 11 is 0. The van der Waals surface area contributed by atoms with E-state index in [0.717, 1.165) is 16.9 Å². The van der Waals surface area contributed by atoms with Gasteiger partial charge in [0.15, 0.2) is 0 Å². The van der Waals surface area contributed by atoms with Gasteiger partial charge in [0.25, 0.3) is 5.69 Å². The standard InChI is InChI=1S/C16H19N3O2/c1-12(13-7-9-15(10-8-13)18(2)3)17-14-5-4-6-16(11-14)19(20)21/h4-12,17H,1-3H3. The second kappa shape index (κ2) is 6.26. The van der Waals surface area contributed by atoms with Crippen LogP contribution in [0.4, 0.5) is 17.1 Å². The van der Waals surface area contributed by atoms with Crippen molar-refractivity contribution in [3.8, 4) is 0 Å². The number of nitrogens with one attached hydrogen (secondary N) is 1. The molecule has 21 heavy (non-hydrogen) atoms. The van der Waals surface area contributed by atoms with E-state index >= 15 is 0 Å². The van der Waals surface area contributed by atoms with Crippen molar-refractivity contribution in [2.24, 2.45) is 0 Å². The van der Waals surface area contributed by atoms with Crippen molar-refractivity contribution >= 4 is 17.1 Å². The lowest BCUT2D eigenvalue weighted by Gasteiger charge is -2.18. The molecule has 1 atom stereocenters. The lowest BCUT2D eigenvalue weighted by atomic mass is 10.1. The van der Waals surface area contributed by atoms with Gasteiger partial charge in [-0.15, -0.1) is 0 Å². The Hall–Kier alpha value is -2.56. The van der Waals surface area contributed by atoms with Crippen LogP contribution in [0.2, 0.25) is 0 Å². The Morgan fingerprint density at radius 3 is 2.38 bits per heavy atom. The van der Waals surface area contributed by atoms with Crippen LogP contribution in [-0.2, 0) is 0 Å². The average molecular weight is 285 g/mol. The minimum atomic E-state index is -0.387. The van der Waals surface area contributed by atoms with E-state index in [4.69, 9.17) is 0 Å². The van der Waals surface area contributed by atoms with E-state index in [-0.39, 0.29) is 16.7 Å². The van der Waals surface area contributed by atoms with Gasteiger partial charge in [-0.3, -0.25) is 10.1 Å². The van der Waals surface area contributed by atoms with Crippen LogP contribution >= 0.6 is 0 Å². The monoisotopic (exact) mass is 285 g/mol. The van der Waals surface area contributed by atoms with Crippen molar-refractivity contribution in [3.63, 3.8) is 0 Å². The van der Waals surface area contributed by atoms with Crippen LogP contribution in [0.3, 0.4) is 0 Å². The molecule has 0 bridgehead atoms. The molecule has 0 aromatic heterocycles. The number of nitrogens with zero attached hydrogens (tertiary/aromatic N) is 2. The minimum absolute atomic E-state index is 0.0724. The zero-order chi connectivity index (χ0) is 15.4. The van der Waals surface area contributed by atoms with Gasteiger partial charge >= 0.3 is 0 Å². The van der Waals surface area contributed by atoms with Gasteiger partial charge in [0.1, 0.15) is 0 Å². The lowest BCUT2D eigenvalue weighted by Crippen LogP contribution is -2.10. The molecule has 5 heteroatoms. The van der Waals surface area contributed by atoms with Crippen LogP contribution in [-0.4, -0.2) is 19.0 Å². The van der Waals surface area contributed by atoms with Gasteiger partial charge in [-0.05, 0) is 30.7 Å². The number of hydrogen-bond acceptors (Lipinski definition) is 4. The molecule has 0 radical (unpaired) electrons. The summed E-state index contributed by atoms with van der Waals surface area (Å²) in [6, 6.07) is 14.9. The fourth-order valence-corrected chi connectivity index (χ4v) is 2.10. The molecule has 0 amide bonds. The Balaban J connectivity index is 2.12. The van der Waals surface area contributed by atoms with Crippen LogP contribution in [0.5, 0.6) is 0 Å². The SMILES string of the molecule is CC(Nc1cccc([N+](=O)[O-])c1)c1ccc(N(C)C)cc1. The van der Waals surface area contributed by atoms with Crippen molar-refractivity contribution in [3.05, 3.63) is 64.2 Å². The smallest absolute Gasteiger partial charge is 0.271 e. The molecule has 0 aliphatic carbocycles. The molecular weight excluding hydrogens is 266 g/mol. The van der Waals surface area contributed by atoms with Gasteiger partial charge in [-0.25, -0.2) is 0 Å². The predicted molar refractivity (Wildman–Crippen MR) is 85.9 cm³/mol. The highest BCUT2D eigenvalue weighted by molar-refractivity contribution is 5.53. The van der Waals surface area contributed by atoms with Gasteiger partial charge in [-0.2, -0.15) is 0 Å². The normalized spacial score (nSPS) is 11.8. The highest BCUT2D eigenvalue weighted by Crippen LogP contribution is 2.24. The second-order valence-corrected chi connectivity index (χ2v) is 5.16. The van der Waals surface area contributed by atoms with E-state index in [0.29, 0.717) is 0 Å². The zero-order valence-electron chi connectivity index (χ0n) is 12.4. The van der Waals surface area contributed by atoms with Crippen molar-refractivity contribution in [2.75, 3.05) is 24.3 Å². The Kier molecular flexibility index (Phi) is 4.42. The second-order valence-electron chi connectivity index (χ2n) is 5.16. The Morgan fingerprint density at radius 2 is 1.81 bits per heavy atom. The molecule has 0 aliphatic heterocycles. The van der Waals surface area contributed by atoms with E-state index in [1.807, 2.05) is 32.0 Å². The van der Waals surface area contributed by atoms with E-state index in [1.165, 1.54) is 6.07 Å². The first-order valence-corrected chi connectivity index (χ1v) is 6.75. The number of anilines is 2. The van der Waals surface area contributed by atoms with E-state index < -0.39 is 0 Å². The molecular formula is C16H19N3O2. The van der Waals surface area contributed by atoms with Crippen LogP contribution in [0.15, 0.2) is 48.5 Å². The van der Waals surface area contributed by atoms with Gasteiger partial charge in [0.05, 0.1) is 4.92 Å².